The maximum Gasteiger partial charge on any atom is 0.188 e. The highest BCUT2D eigenvalue weighted by atomic mass is 16.5. The number of carbonyl (C=O) groups is 1. The number of unbranched alkanes of at least 4 members (excludes halogenated alkanes) is 1. The van der Waals surface area contributed by atoms with Crippen molar-refractivity contribution < 1.29 is 9.53 Å². The first kappa shape index (κ1) is 13.9. The van der Waals surface area contributed by atoms with E-state index in [-0.39, 0.29) is 12.4 Å². The van der Waals surface area contributed by atoms with Gasteiger partial charge in [-0.3, -0.25) is 4.79 Å². The maximum absolute atomic E-state index is 11.8. The lowest BCUT2D eigenvalue weighted by Gasteiger charge is -2.06. The van der Waals surface area contributed by atoms with Crippen molar-refractivity contribution in [3.63, 3.8) is 0 Å². The van der Waals surface area contributed by atoms with Crippen LogP contribution in [0.1, 0.15) is 55.5 Å². The van der Waals surface area contributed by atoms with Crippen molar-refractivity contribution >= 4 is 5.78 Å². The van der Waals surface area contributed by atoms with Crippen LogP contribution in [0.25, 0.3) is 0 Å². The Labute approximate surface area is 104 Å². The molecular weight excluding hydrogens is 212 g/mol. The van der Waals surface area contributed by atoms with Crippen molar-refractivity contribution in [3.05, 3.63) is 35.4 Å². The van der Waals surface area contributed by atoms with Crippen LogP contribution in [0.3, 0.4) is 0 Å². The number of benzene rings is 1. The molecule has 0 spiro atoms. The van der Waals surface area contributed by atoms with Crippen LogP contribution in [0.15, 0.2) is 24.3 Å². The molecule has 1 aromatic carbocycles. The van der Waals surface area contributed by atoms with Crippen LogP contribution in [0, 0.1) is 0 Å². The minimum absolute atomic E-state index is 0.0661. The molecule has 0 unspecified atom stereocenters. The zero-order chi connectivity index (χ0) is 12.7. The Balaban J connectivity index is 2.46. The summed E-state index contributed by atoms with van der Waals surface area (Å²) in [6.45, 7) is 7.26. The van der Waals surface area contributed by atoms with Gasteiger partial charge in [0.1, 0.15) is 6.61 Å². The van der Waals surface area contributed by atoms with Crippen LogP contribution in [0.5, 0.6) is 0 Å². The van der Waals surface area contributed by atoms with E-state index < -0.39 is 0 Å². The van der Waals surface area contributed by atoms with Crippen molar-refractivity contribution in [1.29, 1.82) is 0 Å². The predicted octanol–water partition coefficient (Wildman–Crippen LogP) is 3.81. The lowest BCUT2D eigenvalue weighted by molar-refractivity contribution is 0.0754. The Bertz CT molecular complexity index is 338. The van der Waals surface area contributed by atoms with Gasteiger partial charge in [-0.05, 0) is 17.9 Å². The quantitative estimate of drug-likeness (QED) is 0.529. The first-order valence-electron chi connectivity index (χ1n) is 6.36. The van der Waals surface area contributed by atoms with E-state index in [1.807, 2.05) is 24.3 Å². The van der Waals surface area contributed by atoms with Gasteiger partial charge in [-0.25, -0.2) is 0 Å². The Kier molecular flexibility index (Phi) is 5.92. The summed E-state index contributed by atoms with van der Waals surface area (Å²) in [6, 6.07) is 7.82. The van der Waals surface area contributed by atoms with Gasteiger partial charge < -0.3 is 4.74 Å². The molecule has 2 heteroatoms. The van der Waals surface area contributed by atoms with Gasteiger partial charge in [-0.1, -0.05) is 51.5 Å². The van der Waals surface area contributed by atoms with E-state index in [1.165, 1.54) is 5.56 Å². The highest BCUT2D eigenvalue weighted by molar-refractivity contribution is 5.97. The molecule has 0 aliphatic rings. The Hall–Kier alpha value is -1.15. The van der Waals surface area contributed by atoms with Gasteiger partial charge in [0.15, 0.2) is 5.78 Å². The standard InChI is InChI=1S/C15H22O2/c1-4-5-10-17-11-15(16)14-8-6-13(7-9-14)12(2)3/h6-9,12H,4-5,10-11H2,1-3H3. The fourth-order valence-corrected chi connectivity index (χ4v) is 1.55. The summed E-state index contributed by atoms with van der Waals surface area (Å²) in [7, 11) is 0. The highest BCUT2D eigenvalue weighted by Gasteiger charge is 2.06. The molecule has 0 fully saturated rings. The van der Waals surface area contributed by atoms with Crippen LogP contribution in [-0.2, 0) is 4.74 Å². The second-order valence-corrected chi connectivity index (χ2v) is 4.61. The molecule has 0 heterocycles. The molecule has 17 heavy (non-hydrogen) atoms. The molecule has 2 nitrogen and oxygen atoms in total. The summed E-state index contributed by atoms with van der Waals surface area (Å²) in [5.74, 6) is 0.566. The zero-order valence-corrected chi connectivity index (χ0v) is 11.0. The number of hydrogen-bond acceptors (Lipinski definition) is 2. The van der Waals surface area contributed by atoms with Gasteiger partial charge in [0.25, 0.3) is 0 Å². The van der Waals surface area contributed by atoms with E-state index in [1.54, 1.807) is 0 Å². The van der Waals surface area contributed by atoms with Crippen molar-refractivity contribution in [2.45, 2.75) is 39.5 Å². The number of carbonyl (C=O) groups excluding carboxylic acids is 1. The molecule has 0 saturated heterocycles. The number of ketones is 1. The summed E-state index contributed by atoms with van der Waals surface area (Å²) in [5, 5.41) is 0. The molecule has 0 aliphatic heterocycles. The van der Waals surface area contributed by atoms with Gasteiger partial charge in [-0.2, -0.15) is 0 Å². The van der Waals surface area contributed by atoms with E-state index in [0.717, 1.165) is 18.4 Å². The molecule has 0 atom stereocenters. The van der Waals surface area contributed by atoms with E-state index >= 15 is 0 Å². The molecule has 1 rings (SSSR count). The number of hydrogen-bond donors (Lipinski definition) is 0. The number of Topliss-reactive ketones (excluding diaryl/α,β-unsaturated/α-hetero) is 1. The topological polar surface area (TPSA) is 26.3 Å². The third-order valence-corrected chi connectivity index (χ3v) is 2.77. The van der Waals surface area contributed by atoms with Crippen LogP contribution >= 0.6 is 0 Å². The second kappa shape index (κ2) is 7.23. The molecule has 1 aromatic rings. The molecule has 0 aliphatic carbocycles. The third-order valence-electron chi connectivity index (χ3n) is 2.77. The Morgan fingerprint density at radius 1 is 1.24 bits per heavy atom. The fourth-order valence-electron chi connectivity index (χ4n) is 1.55. The minimum Gasteiger partial charge on any atom is -0.373 e. The van der Waals surface area contributed by atoms with Gasteiger partial charge in [-0.15, -0.1) is 0 Å². The van der Waals surface area contributed by atoms with Crippen LogP contribution in [0.2, 0.25) is 0 Å². The van der Waals surface area contributed by atoms with E-state index in [9.17, 15) is 4.79 Å². The molecular formula is C15H22O2. The lowest BCUT2D eigenvalue weighted by atomic mass is 10.0. The molecule has 0 amide bonds. The minimum atomic E-state index is 0.0661. The van der Waals surface area contributed by atoms with Crippen molar-refractivity contribution in [1.82, 2.24) is 0 Å². The second-order valence-electron chi connectivity index (χ2n) is 4.61. The maximum atomic E-state index is 11.8. The molecule has 94 valence electrons. The smallest absolute Gasteiger partial charge is 0.188 e. The first-order valence-corrected chi connectivity index (χ1v) is 6.36. The van der Waals surface area contributed by atoms with Crippen LogP contribution < -0.4 is 0 Å². The molecule has 0 aromatic heterocycles. The van der Waals surface area contributed by atoms with Gasteiger partial charge in [0.2, 0.25) is 0 Å². The average molecular weight is 234 g/mol. The van der Waals surface area contributed by atoms with Crippen LogP contribution in [0.4, 0.5) is 0 Å². The third kappa shape index (κ3) is 4.70. The summed E-state index contributed by atoms with van der Waals surface area (Å²) < 4.78 is 5.32. The van der Waals surface area contributed by atoms with E-state index in [0.29, 0.717) is 12.5 Å². The summed E-state index contributed by atoms with van der Waals surface area (Å²) >= 11 is 0. The van der Waals surface area contributed by atoms with E-state index in [4.69, 9.17) is 4.74 Å². The summed E-state index contributed by atoms with van der Waals surface area (Å²) in [4.78, 5) is 11.8. The van der Waals surface area contributed by atoms with Crippen molar-refractivity contribution in [3.8, 4) is 0 Å². The highest BCUT2D eigenvalue weighted by Crippen LogP contribution is 2.14. The Morgan fingerprint density at radius 3 is 2.41 bits per heavy atom. The van der Waals surface area contributed by atoms with Crippen LogP contribution in [-0.4, -0.2) is 19.0 Å². The summed E-state index contributed by atoms with van der Waals surface area (Å²) in [6.07, 6.45) is 2.11. The van der Waals surface area contributed by atoms with Crippen molar-refractivity contribution in [2.24, 2.45) is 0 Å². The number of rotatable bonds is 7. The first-order chi connectivity index (χ1) is 8.15. The van der Waals surface area contributed by atoms with Gasteiger partial charge in [0, 0.05) is 12.2 Å². The number of ether oxygens (including phenoxy) is 1. The predicted molar refractivity (Wildman–Crippen MR) is 70.6 cm³/mol. The molecule has 0 bridgehead atoms. The molecule has 0 radical (unpaired) electrons. The average Bonchev–Trinajstić information content (AvgIpc) is 2.34. The van der Waals surface area contributed by atoms with Crippen molar-refractivity contribution in [2.75, 3.05) is 13.2 Å². The van der Waals surface area contributed by atoms with E-state index in [2.05, 4.69) is 20.8 Å². The summed E-state index contributed by atoms with van der Waals surface area (Å²) in [5.41, 5.74) is 2.00. The molecule has 0 N–H and O–H groups in total. The SMILES string of the molecule is CCCCOCC(=O)c1ccc(C(C)C)cc1. The lowest BCUT2D eigenvalue weighted by Crippen LogP contribution is -2.09. The van der Waals surface area contributed by atoms with Gasteiger partial charge >= 0.3 is 0 Å². The fraction of sp³-hybridized carbons (Fsp3) is 0.533. The van der Waals surface area contributed by atoms with Gasteiger partial charge in [0.05, 0.1) is 0 Å². The Morgan fingerprint density at radius 2 is 1.88 bits per heavy atom. The zero-order valence-electron chi connectivity index (χ0n) is 11.0. The largest absolute Gasteiger partial charge is 0.373 e. The monoisotopic (exact) mass is 234 g/mol. The normalized spacial score (nSPS) is 10.8. The molecule has 0 saturated carbocycles.